The maximum absolute atomic E-state index is 12.6. The number of halogens is 1. The van der Waals surface area contributed by atoms with Crippen LogP contribution in [-0.4, -0.2) is 125 Å². The summed E-state index contributed by atoms with van der Waals surface area (Å²) in [5, 5.41) is -0.333. The van der Waals surface area contributed by atoms with Crippen LogP contribution in [-0.2, 0) is 38.4 Å². The number of unbranched alkanes of at least 4 members (excludes halogenated alkanes) is 3. The van der Waals surface area contributed by atoms with Gasteiger partial charge in [-0.05, 0) is 110 Å². The van der Waals surface area contributed by atoms with Gasteiger partial charge in [0.2, 0.25) is 11.5 Å². The van der Waals surface area contributed by atoms with E-state index >= 15 is 0 Å². The van der Waals surface area contributed by atoms with Crippen molar-refractivity contribution in [2.24, 2.45) is 0 Å². The van der Waals surface area contributed by atoms with Gasteiger partial charge in [0.05, 0.1) is 70.1 Å². The molecule has 0 aliphatic carbocycles. The second-order valence-corrected chi connectivity index (χ2v) is 15.9. The van der Waals surface area contributed by atoms with Gasteiger partial charge in [0.1, 0.15) is 5.03 Å². The van der Waals surface area contributed by atoms with Gasteiger partial charge < -0.3 is 52.3 Å². The molecule has 0 fully saturated rings. The first-order chi connectivity index (χ1) is 30.9. The van der Waals surface area contributed by atoms with Crippen molar-refractivity contribution >= 4 is 23.5 Å². The Kier molecular flexibility index (Phi) is 23.9. The standard InChI is InChI=1S/C49H71ClN2O12/c1-12-13-14-15-20-52(33-36-28-44(59-8)48(62-11)45(29-36)60-9)21-17-23-63-46(53)32-39(50)49(54)64-24-16-19-51(3)22-18-37-30-40(55-4)41(56-5)31-38(37)34(2)25-35-26-42(57-6)47(61-10)43(27-35)58-7/h26-32,34H,12-25,33H2,1-11H3/b39-32-/t34-/m1/s1. The van der Waals surface area contributed by atoms with Crippen molar-refractivity contribution in [2.75, 3.05) is 103 Å². The van der Waals surface area contributed by atoms with Gasteiger partial charge in [0, 0.05) is 32.3 Å². The first-order valence-corrected chi connectivity index (χ1v) is 22.2. The smallest absolute Gasteiger partial charge is 0.350 e. The molecule has 3 rings (SSSR count). The van der Waals surface area contributed by atoms with Crippen molar-refractivity contribution in [3.63, 3.8) is 0 Å². The van der Waals surface area contributed by atoms with E-state index < -0.39 is 11.9 Å². The second kappa shape index (κ2) is 28.7. The Morgan fingerprint density at radius 3 is 1.67 bits per heavy atom. The molecule has 1 atom stereocenters. The van der Waals surface area contributed by atoms with Crippen LogP contribution in [0.5, 0.6) is 46.0 Å². The second-order valence-electron chi connectivity index (χ2n) is 15.5. The molecule has 3 aromatic rings. The third-order valence-corrected chi connectivity index (χ3v) is 11.1. The molecule has 0 aliphatic heterocycles. The largest absolute Gasteiger partial charge is 0.493 e. The van der Waals surface area contributed by atoms with E-state index in [9.17, 15) is 9.59 Å². The molecule has 0 amide bonds. The molecule has 356 valence electrons. The summed E-state index contributed by atoms with van der Waals surface area (Å²) in [6.45, 7) is 8.29. The number of benzene rings is 3. The fourth-order valence-corrected chi connectivity index (χ4v) is 7.65. The maximum Gasteiger partial charge on any atom is 0.350 e. The molecule has 0 aliphatic rings. The third kappa shape index (κ3) is 16.5. The summed E-state index contributed by atoms with van der Waals surface area (Å²) in [7, 11) is 14.9. The van der Waals surface area contributed by atoms with Gasteiger partial charge in [-0.2, -0.15) is 0 Å². The van der Waals surface area contributed by atoms with Crippen molar-refractivity contribution in [3.05, 3.63) is 69.8 Å². The molecule has 14 nitrogen and oxygen atoms in total. The lowest BCUT2D eigenvalue weighted by Crippen LogP contribution is -2.27. The first-order valence-electron chi connectivity index (χ1n) is 21.8. The number of methoxy groups -OCH3 is 8. The van der Waals surface area contributed by atoms with Crippen molar-refractivity contribution < 1.29 is 57.0 Å². The van der Waals surface area contributed by atoms with E-state index in [2.05, 4.69) is 29.7 Å². The average molecular weight is 916 g/mol. The molecule has 0 radical (unpaired) electrons. The minimum absolute atomic E-state index is 0.111. The summed E-state index contributed by atoms with van der Waals surface area (Å²) >= 11 is 6.17. The van der Waals surface area contributed by atoms with Crippen LogP contribution in [0.25, 0.3) is 0 Å². The van der Waals surface area contributed by atoms with Gasteiger partial charge in [-0.3, -0.25) is 4.90 Å². The number of carbonyl (C=O) groups excluding carboxylic acids is 2. The zero-order chi connectivity index (χ0) is 47.0. The fourth-order valence-electron chi connectivity index (χ4n) is 7.50. The predicted octanol–water partition coefficient (Wildman–Crippen LogP) is 8.65. The molecular weight excluding hydrogens is 844 g/mol. The molecular formula is C49H71ClN2O12. The van der Waals surface area contributed by atoms with Crippen molar-refractivity contribution in [2.45, 2.75) is 77.7 Å². The van der Waals surface area contributed by atoms with E-state index in [4.69, 9.17) is 59.0 Å². The van der Waals surface area contributed by atoms with Gasteiger partial charge in [-0.1, -0.05) is 44.7 Å². The zero-order valence-corrected chi connectivity index (χ0v) is 40.7. The number of esters is 2. The maximum atomic E-state index is 12.6. The molecule has 0 unspecified atom stereocenters. The van der Waals surface area contributed by atoms with Crippen molar-refractivity contribution in [1.29, 1.82) is 0 Å². The lowest BCUT2D eigenvalue weighted by molar-refractivity contribution is -0.141. The predicted molar refractivity (Wildman–Crippen MR) is 250 cm³/mol. The molecule has 3 aromatic carbocycles. The van der Waals surface area contributed by atoms with Crippen LogP contribution in [0.3, 0.4) is 0 Å². The Morgan fingerprint density at radius 1 is 0.609 bits per heavy atom. The molecule has 0 saturated heterocycles. The first kappa shape index (κ1) is 53.3. The van der Waals surface area contributed by atoms with E-state index in [1.165, 1.54) is 6.42 Å². The molecule has 0 spiro atoms. The van der Waals surface area contributed by atoms with Crippen LogP contribution in [0, 0.1) is 0 Å². The van der Waals surface area contributed by atoms with Crippen molar-refractivity contribution in [1.82, 2.24) is 9.80 Å². The van der Waals surface area contributed by atoms with Gasteiger partial charge in [-0.25, -0.2) is 9.59 Å². The number of ether oxygens (including phenoxy) is 10. The van der Waals surface area contributed by atoms with E-state index in [1.54, 1.807) is 56.9 Å². The molecule has 0 aromatic heterocycles. The zero-order valence-electron chi connectivity index (χ0n) is 39.9. The van der Waals surface area contributed by atoms with Gasteiger partial charge in [0.25, 0.3) is 0 Å². The van der Waals surface area contributed by atoms with Crippen molar-refractivity contribution in [3.8, 4) is 46.0 Å². The Labute approximate surface area is 385 Å². The molecule has 0 heterocycles. The lowest BCUT2D eigenvalue weighted by Gasteiger charge is -2.23. The Morgan fingerprint density at radius 2 is 1.12 bits per heavy atom. The van der Waals surface area contributed by atoms with Crippen LogP contribution in [0.15, 0.2) is 47.5 Å². The highest BCUT2D eigenvalue weighted by molar-refractivity contribution is 6.42. The Hall–Kier alpha value is -5.05. The van der Waals surface area contributed by atoms with Crippen LogP contribution >= 0.6 is 11.6 Å². The van der Waals surface area contributed by atoms with E-state index in [1.807, 2.05) is 37.4 Å². The Balaban J connectivity index is 1.50. The summed E-state index contributed by atoms with van der Waals surface area (Å²) in [6.07, 6.45) is 8.09. The normalized spacial score (nSPS) is 11.9. The van der Waals surface area contributed by atoms with Gasteiger partial charge >= 0.3 is 11.9 Å². The van der Waals surface area contributed by atoms with E-state index in [-0.39, 0.29) is 24.2 Å². The number of likely N-dealkylation sites (N-methyl/N-ethyl adjacent to an activating group) is 1. The molecule has 15 heteroatoms. The number of hydrogen-bond donors (Lipinski definition) is 0. The summed E-state index contributed by atoms with van der Waals surface area (Å²) < 4.78 is 55.4. The molecule has 0 saturated carbocycles. The highest BCUT2D eigenvalue weighted by atomic mass is 35.5. The lowest BCUT2D eigenvalue weighted by atomic mass is 9.88. The number of carbonyl (C=O) groups is 2. The minimum Gasteiger partial charge on any atom is -0.493 e. The topological polar surface area (TPSA) is 133 Å². The Bertz CT molecular complexity index is 1890. The SMILES string of the molecule is CCCCCCN(CCCOC(=O)/C=C(\Cl)C(=O)OCCCN(C)CCc1cc(OC)c(OC)cc1[C@H](C)Cc1cc(OC)c(OC)c(OC)c1)Cc1cc(OC)c(OC)c(OC)c1. The number of nitrogens with zero attached hydrogens (tertiary/aromatic N) is 2. The van der Waals surface area contributed by atoms with Gasteiger partial charge in [-0.15, -0.1) is 0 Å². The average Bonchev–Trinajstić information content (AvgIpc) is 3.30. The highest BCUT2D eigenvalue weighted by Crippen LogP contribution is 2.41. The van der Waals surface area contributed by atoms with Crippen LogP contribution in [0.1, 0.15) is 80.5 Å². The quantitative estimate of drug-likeness (QED) is 0.0346. The summed E-state index contributed by atoms with van der Waals surface area (Å²) in [6, 6.07) is 11.9. The number of rotatable bonds is 31. The number of hydrogen-bond acceptors (Lipinski definition) is 14. The minimum atomic E-state index is -0.777. The van der Waals surface area contributed by atoms with E-state index in [0.717, 1.165) is 67.1 Å². The highest BCUT2D eigenvalue weighted by Gasteiger charge is 2.21. The summed E-state index contributed by atoms with van der Waals surface area (Å²) in [5.41, 5.74) is 4.33. The van der Waals surface area contributed by atoms with E-state index in [0.29, 0.717) is 84.9 Å². The monoisotopic (exact) mass is 914 g/mol. The summed E-state index contributed by atoms with van der Waals surface area (Å²) in [4.78, 5) is 29.7. The van der Waals surface area contributed by atoms with Crippen LogP contribution < -0.4 is 37.9 Å². The molecule has 64 heavy (non-hydrogen) atoms. The van der Waals surface area contributed by atoms with Crippen LogP contribution in [0.4, 0.5) is 0 Å². The summed E-state index contributed by atoms with van der Waals surface area (Å²) in [5.74, 6) is 3.46. The van der Waals surface area contributed by atoms with Gasteiger partial charge in [0.15, 0.2) is 34.5 Å². The fraction of sp³-hybridized carbons (Fsp3) is 0.551. The van der Waals surface area contributed by atoms with Crippen LogP contribution in [0.2, 0.25) is 0 Å². The molecule has 0 N–H and O–H groups in total. The third-order valence-electron chi connectivity index (χ3n) is 10.9. The molecule has 0 bridgehead atoms.